The third-order valence-electron chi connectivity index (χ3n) is 5.10. The summed E-state index contributed by atoms with van der Waals surface area (Å²) in [4.78, 5) is 12.0. The predicted octanol–water partition coefficient (Wildman–Crippen LogP) is 5.89. The van der Waals surface area contributed by atoms with E-state index in [-0.39, 0.29) is 0 Å². The van der Waals surface area contributed by atoms with Crippen LogP contribution >= 0.6 is 11.6 Å². The summed E-state index contributed by atoms with van der Waals surface area (Å²) >= 11 is 6.27. The third-order valence-corrected chi connectivity index (χ3v) is 5.38. The van der Waals surface area contributed by atoms with Gasteiger partial charge in [-0.15, -0.1) is 0 Å². The number of benzene rings is 2. The Hall–Kier alpha value is -2.85. The van der Waals surface area contributed by atoms with Gasteiger partial charge in [-0.1, -0.05) is 59.1 Å². The monoisotopic (exact) mass is 408 g/mol. The number of aromatic nitrogens is 2. The van der Waals surface area contributed by atoms with Gasteiger partial charge in [-0.25, -0.2) is 4.68 Å². The molecule has 5 heteroatoms. The lowest BCUT2D eigenvalue weighted by atomic mass is 9.93. The molecule has 0 aliphatic carbocycles. The Morgan fingerprint density at radius 3 is 2.34 bits per heavy atom. The van der Waals surface area contributed by atoms with Crippen molar-refractivity contribution in [3.05, 3.63) is 87.7 Å². The van der Waals surface area contributed by atoms with Crippen molar-refractivity contribution in [1.82, 2.24) is 9.78 Å². The minimum atomic E-state index is -0.858. The molecule has 0 spiro atoms. The standard InChI is InChI=1S/C24H25ClN2O2/c1-15-8-10-21(11-9-15)27-23(17(3)18(4)25)14-20(26-27)13-22(24(28)29)19-7-5-6-16(2)12-19/h5-12,14,22H,13H2,1-4H3,(H,28,29)/b18-17-. The number of nitrogens with zero attached hydrogens (tertiary/aromatic N) is 2. The second-order valence-electron chi connectivity index (χ2n) is 7.44. The van der Waals surface area contributed by atoms with Crippen molar-refractivity contribution >= 4 is 23.1 Å². The minimum absolute atomic E-state index is 0.305. The molecule has 4 nitrogen and oxygen atoms in total. The van der Waals surface area contributed by atoms with Gasteiger partial charge in [0, 0.05) is 11.5 Å². The van der Waals surface area contributed by atoms with E-state index in [4.69, 9.17) is 16.7 Å². The van der Waals surface area contributed by atoms with Gasteiger partial charge in [0.1, 0.15) is 0 Å². The molecule has 1 unspecified atom stereocenters. The molecule has 0 aliphatic rings. The van der Waals surface area contributed by atoms with E-state index in [1.807, 2.05) is 87.0 Å². The number of halogens is 1. The topological polar surface area (TPSA) is 55.1 Å². The Labute approximate surface area is 176 Å². The zero-order valence-electron chi connectivity index (χ0n) is 17.1. The SMILES string of the molecule is C/C(Cl)=C(\C)c1cc(CC(C(=O)O)c2cccc(C)c2)nn1-c1ccc(C)cc1. The first kappa shape index (κ1) is 20.9. The molecule has 2 aromatic carbocycles. The summed E-state index contributed by atoms with van der Waals surface area (Å²) in [6.07, 6.45) is 0.305. The molecule has 150 valence electrons. The van der Waals surface area contributed by atoms with Crippen LogP contribution in [0.1, 0.15) is 47.8 Å². The molecule has 0 saturated heterocycles. The zero-order valence-corrected chi connectivity index (χ0v) is 17.9. The normalized spacial score (nSPS) is 13.1. The molecule has 29 heavy (non-hydrogen) atoms. The van der Waals surface area contributed by atoms with E-state index in [0.29, 0.717) is 17.1 Å². The Morgan fingerprint density at radius 1 is 1.07 bits per heavy atom. The first-order valence-electron chi connectivity index (χ1n) is 9.55. The average molecular weight is 409 g/mol. The van der Waals surface area contributed by atoms with E-state index in [0.717, 1.165) is 33.6 Å². The van der Waals surface area contributed by atoms with Crippen molar-refractivity contribution in [2.45, 2.75) is 40.0 Å². The lowest BCUT2D eigenvalue weighted by Crippen LogP contribution is -2.15. The van der Waals surface area contributed by atoms with Crippen LogP contribution < -0.4 is 0 Å². The van der Waals surface area contributed by atoms with Crippen LogP contribution in [0.25, 0.3) is 11.3 Å². The Kier molecular flexibility index (Phi) is 6.23. The largest absolute Gasteiger partial charge is 0.481 e. The smallest absolute Gasteiger partial charge is 0.311 e. The van der Waals surface area contributed by atoms with Crippen molar-refractivity contribution < 1.29 is 9.90 Å². The predicted molar refractivity (Wildman–Crippen MR) is 118 cm³/mol. The second-order valence-corrected chi connectivity index (χ2v) is 8.00. The Morgan fingerprint density at radius 2 is 1.76 bits per heavy atom. The van der Waals surface area contributed by atoms with Gasteiger partial charge in [0.15, 0.2) is 0 Å². The fourth-order valence-corrected chi connectivity index (χ4v) is 3.40. The van der Waals surface area contributed by atoms with E-state index in [9.17, 15) is 9.90 Å². The molecule has 0 bridgehead atoms. The van der Waals surface area contributed by atoms with Gasteiger partial charge in [-0.2, -0.15) is 5.10 Å². The summed E-state index contributed by atoms with van der Waals surface area (Å²) in [6, 6.07) is 17.6. The Bertz CT molecular complexity index is 1060. The van der Waals surface area contributed by atoms with Crippen molar-refractivity contribution in [3.8, 4) is 5.69 Å². The second kappa shape index (κ2) is 8.66. The highest BCUT2D eigenvalue weighted by atomic mass is 35.5. The summed E-state index contributed by atoms with van der Waals surface area (Å²) in [6.45, 7) is 7.79. The van der Waals surface area contributed by atoms with Crippen LogP contribution in [0, 0.1) is 13.8 Å². The number of carboxylic acid groups (broad SMARTS) is 1. The maximum Gasteiger partial charge on any atom is 0.311 e. The third kappa shape index (κ3) is 4.77. The number of hydrogen-bond acceptors (Lipinski definition) is 2. The Balaban J connectivity index is 2.05. The number of aliphatic carboxylic acids is 1. The lowest BCUT2D eigenvalue weighted by molar-refractivity contribution is -0.138. The summed E-state index contributed by atoms with van der Waals surface area (Å²) in [5, 5.41) is 15.3. The van der Waals surface area contributed by atoms with Crippen LogP contribution in [-0.4, -0.2) is 20.9 Å². The van der Waals surface area contributed by atoms with E-state index < -0.39 is 11.9 Å². The van der Waals surface area contributed by atoms with Crippen LogP contribution in [0.5, 0.6) is 0 Å². The minimum Gasteiger partial charge on any atom is -0.481 e. The van der Waals surface area contributed by atoms with Crippen LogP contribution in [0.4, 0.5) is 0 Å². The van der Waals surface area contributed by atoms with E-state index >= 15 is 0 Å². The lowest BCUT2D eigenvalue weighted by Gasteiger charge is -2.12. The van der Waals surface area contributed by atoms with Crippen molar-refractivity contribution in [3.63, 3.8) is 0 Å². The number of carbonyl (C=O) groups is 1. The molecule has 3 rings (SSSR count). The summed E-state index contributed by atoms with van der Waals surface area (Å²) < 4.78 is 1.84. The molecule has 3 aromatic rings. The van der Waals surface area contributed by atoms with Crippen LogP contribution in [0.2, 0.25) is 0 Å². The van der Waals surface area contributed by atoms with Gasteiger partial charge in [0.25, 0.3) is 0 Å². The molecule has 1 aromatic heterocycles. The van der Waals surface area contributed by atoms with Gasteiger partial charge in [-0.05, 0) is 57.0 Å². The maximum atomic E-state index is 12.0. The van der Waals surface area contributed by atoms with E-state index in [1.165, 1.54) is 0 Å². The van der Waals surface area contributed by atoms with Gasteiger partial charge < -0.3 is 5.11 Å². The molecule has 0 aliphatic heterocycles. The molecule has 0 saturated carbocycles. The average Bonchev–Trinajstić information content (AvgIpc) is 3.09. The van der Waals surface area contributed by atoms with Gasteiger partial charge in [0.2, 0.25) is 0 Å². The fourth-order valence-electron chi connectivity index (χ4n) is 3.30. The summed E-state index contributed by atoms with van der Waals surface area (Å²) in [7, 11) is 0. The highest BCUT2D eigenvalue weighted by Gasteiger charge is 2.23. The van der Waals surface area contributed by atoms with Gasteiger partial charge in [0.05, 0.1) is 23.0 Å². The van der Waals surface area contributed by atoms with E-state index in [1.54, 1.807) is 0 Å². The summed E-state index contributed by atoms with van der Waals surface area (Å²) in [5.41, 5.74) is 6.39. The van der Waals surface area contributed by atoms with Crippen molar-refractivity contribution in [1.29, 1.82) is 0 Å². The first-order valence-corrected chi connectivity index (χ1v) is 9.92. The molecule has 1 atom stereocenters. The highest BCUT2D eigenvalue weighted by molar-refractivity contribution is 6.32. The molecule has 0 radical (unpaired) electrons. The van der Waals surface area contributed by atoms with Gasteiger partial charge in [-0.3, -0.25) is 4.79 Å². The van der Waals surface area contributed by atoms with Crippen LogP contribution in [0.3, 0.4) is 0 Å². The first-order chi connectivity index (χ1) is 13.8. The zero-order chi connectivity index (χ0) is 21.1. The summed E-state index contributed by atoms with van der Waals surface area (Å²) in [5.74, 6) is -1.52. The van der Waals surface area contributed by atoms with Crippen molar-refractivity contribution in [2.24, 2.45) is 0 Å². The number of allylic oxidation sites excluding steroid dienone is 2. The number of hydrogen-bond donors (Lipinski definition) is 1. The quantitative estimate of drug-likeness (QED) is 0.553. The highest BCUT2D eigenvalue weighted by Crippen LogP contribution is 2.28. The molecule has 1 N–H and O–H groups in total. The number of carboxylic acids is 1. The molecule has 0 fully saturated rings. The van der Waals surface area contributed by atoms with Crippen molar-refractivity contribution in [2.75, 3.05) is 0 Å². The molecular formula is C24H25ClN2O2. The molecule has 0 amide bonds. The number of rotatable bonds is 6. The maximum absolute atomic E-state index is 12.0. The number of aryl methyl sites for hydroxylation is 2. The fraction of sp³-hybridized carbons (Fsp3) is 0.250. The van der Waals surface area contributed by atoms with Gasteiger partial charge >= 0.3 is 5.97 Å². The van der Waals surface area contributed by atoms with Crippen LogP contribution in [-0.2, 0) is 11.2 Å². The molecule has 1 heterocycles. The molecular weight excluding hydrogens is 384 g/mol. The van der Waals surface area contributed by atoms with E-state index in [2.05, 4.69) is 0 Å². The van der Waals surface area contributed by atoms with Crippen LogP contribution in [0.15, 0.2) is 59.6 Å².